The van der Waals surface area contributed by atoms with Crippen molar-refractivity contribution in [3.63, 3.8) is 0 Å². The number of anilines is 1. The van der Waals surface area contributed by atoms with Crippen molar-refractivity contribution < 1.29 is 31.4 Å². The average Bonchev–Trinajstić information content (AvgIpc) is 2.13. The molecule has 0 unspecified atom stereocenters. The zero-order valence-electron chi connectivity index (χ0n) is 8.02. The number of aliphatic hydroxyl groups is 1. The van der Waals surface area contributed by atoms with E-state index in [-0.39, 0.29) is 6.20 Å². The van der Waals surface area contributed by atoms with Crippen LogP contribution in [0.3, 0.4) is 0 Å². The van der Waals surface area contributed by atoms with Crippen LogP contribution in [-0.4, -0.2) is 10.1 Å². The molecule has 1 rings (SSSR count). The van der Waals surface area contributed by atoms with E-state index in [1.807, 2.05) is 0 Å². The Morgan fingerprint density at radius 3 is 2.00 bits per heavy atom. The van der Waals surface area contributed by atoms with Crippen LogP contribution in [0.25, 0.3) is 0 Å². The molecule has 3 nitrogen and oxygen atoms in total. The SMILES string of the molecule is Nc1c(C(F)(F)F)cnc(C(F)(F)F)c1CO. The van der Waals surface area contributed by atoms with Gasteiger partial charge in [-0.15, -0.1) is 0 Å². The van der Waals surface area contributed by atoms with Crippen LogP contribution >= 0.6 is 0 Å². The molecule has 17 heavy (non-hydrogen) atoms. The fraction of sp³-hybridized carbons (Fsp3) is 0.375. The molecule has 9 heteroatoms. The molecule has 0 saturated carbocycles. The monoisotopic (exact) mass is 260 g/mol. The number of pyridine rings is 1. The highest BCUT2D eigenvalue weighted by Gasteiger charge is 2.40. The minimum absolute atomic E-state index is 0.00266. The third-order valence-electron chi connectivity index (χ3n) is 1.96. The average molecular weight is 260 g/mol. The third kappa shape index (κ3) is 2.60. The van der Waals surface area contributed by atoms with Gasteiger partial charge in [0.25, 0.3) is 0 Å². The smallest absolute Gasteiger partial charge is 0.398 e. The minimum Gasteiger partial charge on any atom is -0.398 e. The second kappa shape index (κ2) is 4.06. The van der Waals surface area contributed by atoms with E-state index in [9.17, 15) is 26.3 Å². The van der Waals surface area contributed by atoms with Crippen LogP contribution in [0, 0.1) is 0 Å². The molecule has 0 radical (unpaired) electrons. The first kappa shape index (κ1) is 13.6. The zero-order valence-corrected chi connectivity index (χ0v) is 8.02. The van der Waals surface area contributed by atoms with Gasteiger partial charge in [0.15, 0.2) is 5.69 Å². The van der Waals surface area contributed by atoms with Gasteiger partial charge >= 0.3 is 12.4 Å². The summed E-state index contributed by atoms with van der Waals surface area (Å²) in [6, 6.07) is 0. The molecular formula is C8H6F6N2O. The van der Waals surface area contributed by atoms with Crippen LogP contribution in [0.4, 0.5) is 32.0 Å². The van der Waals surface area contributed by atoms with Gasteiger partial charge in [0.1, 0.15) is 0 Å². The van der Waals surface area contributed by atoms with Gasteiger partial charge in [-0.2, -0.15) is 26.3 Å². The quantitative estimate of drug-likeness (QED) is 0.761. The van der Waals surface area contributed by atoms with Crippen LogP contribution < -0.4 is 5.73 Å². The van der Waals surface area contributed by atoms with Gasteiger partial charge in [0.05, 0.1) is 17.9 Å². The second-order valence-corrected chi connectivity index (χ2v) is 3.07. The zero-order chi connectivity index (χ0) is 13.4. The van der Waals surface area contributed by atoms with Gasteiger partial charge in [-0.1, -0.05) is 0 Å². The molecule has 0 aliphatic carbocycles. The Balaban J connectivity index is 3.49. The number of nitrogens with zero attached hydrogens (tertiary/aromatic N) is 1. The summed E-state index contributed by atoms with van der Waals surface area (Å²) in [7, 11) is 0. The first-order valence-corrected chi connectivity index (χ1v) is 4.11. The Morgan fingerprint density at radius 1 is 1.12 bits per heavy atom. The van der Waals surface area contributed by atoms with Crippen LogP contribution in [0.2, 0.25) is 0 Å². The fourth-order valence-electron chi connectivity index (χ4n) is 1.20. The summed E-state index contributed by atoms with van der Waals surface area (Å²) in [5, 5.41) is 8.67. The summed E-state index contributed by atoms with van der Waals surface area (Å²) >= 11 is 0. The molecule has 0 fully saturated rings. The van der Waals surface area contributed by atoms with Gasteiger partial charge in [-0.3, -0.25) is 4.98 Å². The summed E-state index contributed by atoms with van der Waals surface area (Å²) in [5.41, 5.74) is -0.409. The number of halogens is 6. The van der Waals surface area contributed by atoms with E-state index in [2.05, 4.69) is 4.98 Å². The van der Waals surface area contributed by atoms with E-state index in [4.69, 9.17) is 10.8 Å². The lowest BCUT2D eigenvalue weighted by molar-refractivity contribution is -0.145. The van der Waals surface area contributed by atoms with E-state index < -0.39 is 41.5 Å². The lowest BCUT2D eigenvalue weighted by atomic mass is 10.1. The molecular weight excluding hydrogens is 254 g/mol. The predicted molar refractivity (Wildman–Crippen MR) is 44.6 cm³/mol. The normalized spacial score (nSPS) is 12.9. The summed E-state index contributed by atoms with van der Waals surface area (Å²) < 4.78 is 73.9. The molecule has 0 atom stereocenters. The molecule has 0 aliphatic heterocycles. The lowest BCUT2D eigenvalue weighted by Crippen LogP contribution is -2.18. The highest BCUT2D eigenvalue weighted by atomic mass is 19.4. The number of nitrogen functional groups attached to an aromatic ring is 1. The molecule has 96 valence electrons. The highest BCUT2D eigenvalue weighted by Crippen LogP contribution is 2.39. The number of alkyl halides is 6. The fourth-order valence-corrected chi connectivity index (χ4v) is 1.20. The Kier molecular flexibility index (Phi) is 3.24. The Bertz CT molecular complexity index is 425. The molecule has 0 saturated heterocycles. The number of nitrogens with two attached hydrogens (primary N) is 1. The number of aromatic nitrogens is 1. The Labute approximate surface area is 90.9 Å². The van der Waals surface area contributed by atoms with E-state index in [1.165, 1.54) is 0 Å². The molecule has 0 amide bonds. The van der Waals surface area contributed by atoms with Crippen LogP contribution in [-0.2, 0) is 19.0 Å². The maximum atomic E-state index is 12.3. The third-order valence-corrected chi connectivity index (χ3v) is 1.96. The van der Waals surface area contributed by atoms with Crippen molar-refractivity contribution in [3.8, 4) is 0 Å². The molecule has 0 aromatic carbocycles. The van der Waals surface area contributed by atoms with E-state index in [0.717, 1.165) is 0 Å². The summed E-state index contributed by atoms with van der Waals surface area (Å²) in [4.78, 5) is 2.66. The minimum atomic E-state index is -4.98. The molecule has 0 spiro atoms. The Hall–Kier alpha value is -1.51. The van der Waals surface area contributed by atoms with Crippen molar-refractivity contribution in [2.45, 2.75) is 19.0 Å². The Morgan fingerprint density at radius 2 is 1.65 bits per heavy atom. The predicted octanol–water partition coefficient (Wildman–Crippen LogP) is 2.19. The van der Waals surface area contributed by atoms with E-state index in [0.29, 0.717) is 0 Å². The van der Waals surface area contributed by atoms with Gasteiger partial charge in [0, 0.05) is 11.8 Å². The van der Waals surface area contributed by atoms with Gasteiger partial charge in [0.2, 0.25) is 0 Å². The first-order valence-electron chi connectivity index (χ1n) is 4.11. The van der Waals surface area contributed by atoms with Gasteiger partial charge in [-0.05, 0) is 0 Å². The van der Waals surface area contributed by atoms with Crippen molar-refractivity contribution in [3.05, 3.63) is 23.0 Å². The van der Waals surface area contributed by atoms with Crippen LogP contribution in [0.5, 0.6) is 0 Å². The summed E-state index contributed by atoms with van der Waals surface area (Å²) in [6.45, 7) is -1.28. The van der Waals surface area contributed by atoms with Crippen molar-refractivity contribution in [1.29, 1.82) is 0 Å². The van der Waals surface area contributed by atoms with Crippen molar-refractivity contribution >= 4 is 5.69 Å². The largest absolute Gasteiger partial charge is 0.433 e. The van der Waals surface area contributed by atoms with Crippen molar-refractivity contribution in [2.24, 2.45) is 0 Å². The van der Waals surface area contributed by atoms with Crippen molar-refractivity contribution in [1.82, 2.24) is 4.98 Å². The molecule has 1 heterocycles. The summed E-state index contributed by atoms with van der Waals surface area (Å²) in [5.74, 6) is 0. The standard InChI is InChI=1S/C8H6F6N2O/c9-7(10,11)4-1-16-6(8(12,13)14)3(2-17)5(4)15/h1,17H,2H2,(H2,15,16). The first-order chi connectivity index (χ1) is 7.59. The molecule has 0 aliphatic rings. The van der Waals surface area contributed by atoms with Crippen molar-refractivity contribution in [2.75, 3.05) is 5.73 Å². The van der Waals surface area contributed by atoms with E-state index >= 15 is 0 Å². The topological polar surface area (TPSA) is 59.1 Å². The van der Waals surface area contributed by atoms with Gasteiger partial charge < -0.3 is 10.8 Å². The van der Waals surface area contributed by atoms with Gasteiger partial charge in [-0.25, -0.2) is 0 Å². The number of rotatable bonds is 1. The molecule has 1 aromatic rings. The number of aliphatic hydroxyl groups excluding tert-OH is 1. The maximum absolute atomic E-state index is 12.3. The van der Waals surface area contributed by atoms with Crippen LogP contribution in [0.15, 0.2) is 6.20 Å². The number of hydrogen-bond acceptors (Lipinski definition) is 3. The van der Waals surface area contributed by atoms with E-state index in [1.54, 1.807) is 0 Å². The second-order valence-electron chi connectivity index (χ2n) is 3.07. The molecule has 0 bridgehead atoms. The maximum Gasteiger partial charge on any atom is 0.433 e. The number of hydrogen-bond donors (Lipinski definition) is 2. The highest BCUT2D eigenvalue weighted by molar-refractivity contribution is 5.56. The van der Waals surface area contributed by atoms with Crippen LogP contribution in [0.1, 0.15) is 16.8 Å². The molecule has 1 aromatic heterocycles. The lowest BCUT2D eigenvalue weighted by Gasteiger charge is -2.16. The molecule has 3 N–H and O–H groups in total. The summed E-state index contributed by atoms with van der Waals surface area (Å²) in [6.07, 6.45) is -9.90.